The number of azo groups is 1. The molecule has 23 nitrogen and oxygen atoms in total. The van der Waals surface area contributed by atoms with E-state index in [9.17, 15) is 0 Å². The summed E-state index contributed by atoms with van der Waals surface area (Å²) >= 11 is 0. The number of hydrogen-bond acceptors (Lipinski definition) is 16. The third-order valence-corrected chi connectivity index (χ3v) is 5.22. The van der Waals surface area contributed by atoms with Crippen LogP contribution in [0.2, 0.25) is 0 Å². The molecule has 0 fully saturated rings. The lowest BCUT2D eigenvalue weighted by atomic mass is 10.6. The summed E-state index contributed by atoms with van der Waals surface area (Å²) < 4.78 is 15.0. The lowest BCUT2D eigenvalue weighted by Gasteiger charge is -1.79. The molecule has 8 aromatic heterocycles. The molecule has 0 amide bonds. The van der Waals surface area contributed by atoms with Gasteiger partial charge in [0.2, 0.25) is 0 Å². The Balaban J connectivity index is 0.000000304. The molecule has 0 radical (unpaired) electrons. The molecule has 0 aromatic carbocycles. The summed E-state index contributed by atoms with van der Waals surface area (Å²) in [5.74, 6) is 0.787. The number of hydrogen-bond donors (Lipinski definition) is 0. The first-order valence-corrected chi connectivity index (χ1v) is 15.8. The first-order chi connectivity index (χ1) is 26.0. The third kappa shape index (κ3) is 27.5. The Morgan fingerprint density at radius 3 is 1.46 bits per heavy atom. The fourth-order valence-electron chi connectivity index (χ4n) is 2.67. The van der Waals surface area contributed by atoms with Gasteiger partial charge in [-0.25, -0.2) is 15.0 Å². The van der Waals surface area contributed by atoms with Crippen molar-refractivity contribution in [1.29, 1.82) is 0 Å². The molecule has 0 N–H and O–H groups in total. The molecule has 0 atom stereocenters. The van der Waals surface area contributed by atoms with Crippen molar-refractivity contribution in [2.45, 2.75) is 13.8 Å². The Hall–Kier alpha value is -7.33. The lowest BCUT2D eigenvalue weighted by molar-refractivity contribution is 0.393. The van der Waals surface area contributed by atoms with Gasteiger partial charge in [0.1, 0.15) is 43.1 Å². The Morgan fingerprint density at radius 2 is 1.30 bits per heavy atom. The van der Waals surface area contributed by atoms with Crippen molar-refractivity contribution in [1.82, 2.24) is 93.8 Å². The van der Waals surface area contributed by atoms with Crippen LogP contribution in [-0.4, -0.2) is 106 Å². The van der Waals surface area contributed by atoms with E-state index in [0.717, 1.165) is 11.5 Å². The van der Waals surface area contributed by atoms with Gasteiger partial charge in [0.15, 0.2) is 6.67 Å². The summed E-state index contributed by atoms with van der Waals surface area (Å²) in [6, 6.07) is 5.89. The number of imidazole rings is 1. The van der Waals surface area contributed by atoms with Crippen molar-refractivity contribution in [2.75, 3.05) is 6.67 Å². The second kappa shape index (κ2) is 29.4. The average molecular weight is 745 g/mol. The predicted octanol–water partition coefficient (Wildman–Crippen LogP) is 2.33. The van der Waals surface area contributed by atoms with Crippen LogP contribution in [0.5, 0.6) is 0 Å². The molecular formula is C31H48N22O. The van der Waals surface area contributed by atoms with Gasteiger partial charge in [0, 0.05) is 98.0 Å². The second-order valence-corrected chi connectivity index (χ2v) is 10.2. The highest BCUT2D eigenvalue weighted by Crippen LogP contribution is 1.90. The van der Waals surface area contributed by atoms with Crippen LogP contribution in [-0.2, 0) is 49.3 Å². The molecule has 23 heteroatoms. The first kappa shape index (κ1) is 44.7. The van der Waals surface area contributed by atoms with Crippen LogP contribution in [0.15, 0.2) is 138 Å². The molecule has 54 heavy (non-hydrogen) atoms. The van der Waals surface area contributed by atoms with E-state index in [1.54, 1.807) is 88.2 Å². The zero-order valence-electron chi connectivity index (χ0n) is 31.9. The molecule has 0 saturated carbocycles. The topological polar surface area (TPSA) is 239 Å². The Labute approximate surface area is 312 Å². The van der Waals surface area contributed by atoms with E-state index in [2.05, 4.69) is 81.0 Å². The number of aliphatic imine (C=N–C) groups is 1. The highest BCUT2D eigenvalue weighted by molar-refractivity contribution is 5.80. The normalized spacial score (nSPS) is 9.91. The van der Waals surface area contributed by atoms with Crippen LogP contribution in [0.1, 0.15) is 12.6 Å². The Bertz CT molecular complexity index is 1500. The van der Waals surface area contributed by atoms with Gasteiger partial charge in [-0.3, -0.25) is 14.0 Å². The third-order valence-electron chi connectivity index (χ3n) is 5.22. The molecule has 9 rings (SSSR count). The maximum atomic E-state index is 4.35. The van der Waals surface area contributed by atoms with E-state index in [1.807, 2.05) is 108 Å². The molecule has 1 aliphatic heterocycles. The maximum absolute atomic E-state index is 4.35. The van der Waals surface area contributed by atoms with Crippen molar-refractivity contribution >= 4 is 5.84 Å². The van der Waals surface area contributed by atoms with Gasteiger partial charge in [-0.05, 0) is 32.0 Å². The van der Waals surface area contributed by atoms with Gasteiger partial charge >= 0.3 is 0 Å². The van der Waals surface area contributed by atoms with Gasteiger partial charge in [0.25, 0.3) is 0 Å². The fraction of sp³-hybridized carbons (Fsp3) is 0.323. The number of aryl methyl sites for hydroxylation is 8. The summed E-state index contributed by atoms with van der Waals surface area (Å²) in [6.07, 6.45) is 27.6. The number of amidine groups is 1. The fourth-order valence-corrected chi connectivity index (χ4v) is 2.67. The maximum Gasteiger partial charge on any atom is 0.152 e. The molecule has 1 aliphatic rings. The summed E-state index contributed by atoms with van der Waals surface area (Å²) in [5, 5.41) is 43.1. The zero-order chi connectivity index (χ0) is 39.7. The van der Waals surface area contributed by atoms with Crippen molar-refractivity contribution in [2.24, 2.45) is 64.6 Å². The minimum absolute atomic E-state index is 0.534. The van der Waals surface area contributed by atoms with Crippen LogP contribution in [0.4, 0.5) is 0 Å². The number of rotatable bonds is 0. The molecule has 0 unspecified atom stereocenters. The average Bonchev–Trinajstić information content (AvgIpc) is 3.98. The largest absolute Gasteiger partial charge is 0.357 e. The molecule has 288 valence electrons. The number of aromatic nitrogens is 19. The van der Waals surface area contributed by atoms with Crippen LogP contribution in [0.3, 0.4) is 0 Å². The Morgan fingerprint density at radius 1 is 0.574 bits per heavy atom. The summed E-state index contributed by atoms with van der Waals surface area (Å²) in [6.45, 7) is 4.18. The van der Waals surface area contributed by atoms with Crippen molar-refractivity contribution in [3.05, 3.63) is 124 Å². The van der Waals surface area contributed by atoms with E-state index in [4.69, 9.17) is 0 Å². The molecule has 0 saturated heterocycles. The molecule has 0 bridgehead atoms. The summed E-state index contributed by atoms with van der Waals surface area (Å²) in [7, 11) is 13.1. The zero-order valence-corrected chi connectivity index (χ0v) is 31.9. The van der Waals surface area contributed by atoms with Gasteiger partial charge in [-0.2, -0.15) is 30.3 Å². The van der Waals surface area contributed by atoms with Crippen molar-refractivity contribution < 1.29 is 4.52 Å². The van der Waals surface area contributed by atoms with Crippen molar-refractivity contribution in [3.63, 3.8) is 0 Å². The van der Waals surface area contributed by atoms with Crippen LogP contribution in [0, 0.1) is 6.92 Å². The lowest BCUT2D eigenvalue weighted by Crippen LogP contribution is -1.89. The Kier molecular flexibility index (Phi) is 24.3. The van der Waals surface area contributed by atoms with Crippen molar-refractivity contribution in [3.8, 4) is 0 Å². The van der Waals surface area contributed by atoms with Gasteiger partial charge < -0.3 is 18.2 Å². The van der Waals surface area contributed by atoms with Crippen LogP contribution in [0.25, 0.3) is 0 Å². The second-order valence-electron chi connectivity index (χ2n) is 10.2. The quantitative estimate of drug-likeness (QED) is 0.217. The highest BCUT2D eigenvalue weighted by atomic mass is 16.5. The minimum atomic E-state index is 0.534. The SMILES string of the molecule is CC1=NCN=N1.Cc1conn1.Cn1cccc1.Cn1cccn1.Cn1ccnc1.Cn1ccnn1.Cn1cncn1.Cn1cnnc1.Cn1nccn1. The van der Waals surface area contributed by atoms with E-state index < -0.39 is 0 Å². The van der Waals surface area contributed by atoms with Gasteiger partial charge in [0.05, 0.1) is 24.9 Å². The standard InChI is InChI=1S/C5H7N.2C4H6N2.5C3H5N3.C3H4N2O/c1-6-4-2-3-5-6;1-6-3-2-5-4-6;1-6-4-2-3-5-6;1-6-2-4-5-3-6;1-6-3-4-2-5-6;1-6-3-2-4-5-6;1-6-4-2-3-5-6;1-3-4-2-5-6-3;1-3-2-6-5-4-3/h2-5H,1H3;2*2-4H,1H3;4*2-3H,1H3;2H2,1H3;2H,1H3. The highest BCUT2D eigenvalue weighted by Gasteiger charge is 1.88. The smallest absolute Gasteiger partial charge is 0.152 e. The molecular weight excluding hydrogens is 696 g/mol. The van der Waals surface area contributed by atoms with E-state index >= 15 is 0 Å². The summed E-state index contributed by atoms with van der Waals surface area (Å²) in [5.41, 5.74) is 0.815. The van der Waals surface area contributed by atoms with E-state index in [1.165, 1.54) is 17.4 Å². The van der Waals surface area contributed by atoms with Gasteiger partial charge in [-0.15, -0.1) is 25.5 Å². The molecule has 9 heterocycles. The van der Waals surface area contributed by atoms with Crippen LogP contribution < -0.4 is 0 Å². The first-order valence-electron chi connectivity index (χ1n) is 15.8. The number of nitrogens with zero attached hydrogens (tertiary/aromatic N) is 22. The predicted molar refractivity (Wildman–Crippen MR) is 198 cm³/mol. The molecule has 0 aliphatic carbocycles. The molecule has 8 aromatic rings. The monoisotopic (exact) mass is 744 g/mol. The minimum Gasteiger partial charge on any atom is -0.357 e. The summed E-state index contributed by atoms with van der Waals surface area (Å²) in [4.78, 5) is 12.8. The van der Waals surface area contributed by atoms with E-state index in [-0.39, 0.29) is 0 Å². The van der Waals surface area contributed by atoms with E-state index in [0.29, 0.717) is 6.67 Å². The van der Waals surface area contributed by atoms with Crippen LogP contribution >= 0.6 is 0 Å². The molecule has 0 spiro atoms. The van der Waals surface area contributed by atoms with Gasteiger partial charge in [-0.1, -0.05) is 5.21 Å².